The van der Waals surface area contributed by atoms with Crippen molar-refractivity contribution in [1.29, 1.82) is 0 Å². The van der Waals surface area contributed by atoms with Crippen LogP contribution in [0.2, 0.25) is 5.02 Å². The monoisotopic (exact) mass is 415 g/mol. The molecule has 152 valence electrons. The standard InChI is InChI=1S/C21H23ClFN5O/c1-12(2)27-11-16-18(6-5-17(23)20(16)22)29-13(3)9-24-14(4)15-10-25-28-8-7-19(27)26-21(15)28/h5-8,10,12-13,24H,4,9,11H2,1-3H3/t13-/m0/s1. The fraction of sp³-hybridized carbons (Fsp3) is 0.333. The highest BCUT2D eigenvalue weighted by Gasteiger charge is 2.22. The fourth-order valence-electron chi connectivity index (χ4n) is 3.38. The summed E-state index contributed by atoms with van der Waals surface area (Å²) in [5, 5.41) is 7.72. The Labute approximate surface area is 173 Å². The van der Waals surface area contributed by atoms with E-state index in [9.17, 15) is 4.39 Å². The lowest BCUT2D eigenvalue weighted by atomic mass is 10.1. The molecule has 0 saturated heterocycles. The van der Waals surface area contributed by atoms with E-state index in [0.717, 1.165) is 11.4 Å². The largest absolute Gasteiger partial charge is 0.488 e. The van der Waals surface area contributed by atoms with Gasteiger partial charge in [-0.3, -0.25) is 0 Å². The van der Waals surface area contributed by atoms with Crippen molar-refractivity contribution < 1.29 is 9.13 Å². The minimum atomic E-state index is -0.470. The van der Waals surface area contributed by atoms with Crippen molar-refractivity contribution in [2.45, 2.75) is 39.5 Å². The molecule has 1 aromatic carbocycles. The highest BCUT2D eigenvalue weighted by molar-refractivity contribution is 6.31. The first-order chi connectivity index (χ1) is 13.8. The van der Waals surface area contributed by atoms with Gasteiger partial charge in [0.05, 0.1) is 23.3 Å². The second kappa shape index (κ2) is 7.55. The van der Waals surface area contributed by atoms with Gasteiger partial charge in [0.25, 0.3) is 0 Å². The van der Waals surface area contributed by atoms with E-state index in [-0.39, 0.29) is 17.2 Å². The van der Waals surface area contributed by atoms with Crippen molar-refractivity contribution >= 4 is 28.8 Å². The summed E-state index contributed by atoms with van der Waals surface area (Å²) in [7, 11) is 0. The summed E-state index contributed by atoms with van der Waals surface area (Å²) in [4.78, 5) is 6.88. The zero-order valence-corrected chi connectivity index (χ0v) is 17.4. The summed E-state index contributed by atoms with van der Waals surface area (Å²) in [6.45, 7) is 11.0. The molecule has 29 heavy (non-hydrogen) atoms. The van der Waals surface area contributed by atoms with Crippen LogP contribution in [0.4, 0.5) is 10.2 Å². The van der Waals surface area contributed by atoms with Gasteiger partial charge in [0, 0.05) is 30.0 Å². The summed E-state index contributed by atoms with van der Waals surface area (Å²) in [5.41, 5.74) is 2.83. The first kappa shape index (κ1) is 19.5. The molecule has 0 amide bonds. The van der Waals surface area contributed by atoms with Crippen molar-refractivity contribution in [1.82, 2.24) is 19.9 Å². The number of fused-ring (bicyclic) bond motifs is 2. The summed E-state index contributed by atoms with van der Waals surface area (Å²) < 4.78 is 22.1. The molecule has 3 heterocycles. The van der Waals surface area contributed by atoms with Crippen LogP contribution in [0.3, 0.4) is 0 Å². The van der Waals surface area contributed by atoms with Gasteiger partial charge >= 0.3 is 0 Å². The maximum Gasteiger partial charge on any atom is 0.166 e. The quantitative estimate of drug-likeness (QED) is 0.643. The first-order valence-electron chi connectivity index (χ1n) is 9.53. The molecule has 0 radical (unpaired) electrons. The van der Waals surface area contributed by atoms with Crippen LogP contribution in [-0.2, 0) is 6.54 Å². The molecule has 6 nitrogen and oxygen atoms in total. The first-order valence-corrected chi connectivity index (χ1v) is 9.90. The van der Waals surface area contributed by atoms with E-state index < -0.39 is 5.82 Å². The number of ether oxygens (including phenoxy) is 1. The van der Waals surface area contributed by atoms with E-state index in [4.69, 9.17) is 21.3 Å². The molecule has 0 fully saturated rings. The molecule has 0 saturated carbocycles. The number of nitrogens with one attached hydrogen (secondary N) is 1. The summed E-state index contributed by atoms with van der Waals surface area (Å²) in [6.07, 6.45) is 3.41. The number of anilines is 1. The van der Waals surface area contributed by atoms with Crippen molar-refractivity contribution in [3.8, 4) is 5.75 Å². The summed E-state index contributed by atoms with van der Waals surface area (Å²) in [6, 6.07) is 4.94. The zero-order chi connectivity index (χ0) is 20.7. The average molecular weight is 416 g/mol. The molecule has 1 aliphatic rings. The van der Waals surface area contributed by atoms with Crippen LogP contribution >= 0.6 is 11.6 Å². The smallest absolute Gasteiger partial charge is 0.166 e. The van der Waals surface area contributed by atoms with E-state index in [1.54, 1.807) is 16.8 Å². The normalized spacial score (nSPS) is 17.4. The maximum atomic E-state index is 14.3. The van der Waals surface area contributed by atoms with E-state index in [1.165, 1.54) is 6.07 Å². The molecule has 1 N–H and O–H groups in total. The Morgan fingerprint density at radius 3 is 2.90 bits per heavy atom. The Morgan fingerprint density at radius 2 is 2.14 bits per heavy atom. The molecule has 4 rings (SSSR count). The summed E-state index contributed by atoms with van der Waals surface area (Å²) >= 11 is 6.36. The number of halogens is 2. The Balaban J connectivity index is 1.90. The molecule has 8 heteroatoms. The van der Waals surface area contributed by atoms with Crippen LogP contribution in [0.5, 0.6) is 5.75 Å². The average Bonchev–Trinajstić information content (AvgIpc) is 3.11. The zero-order valence-electron chi connectivity index (χ0n) is 16.6. The molecule has 3 aromatic rings. The lowest BCUT2D eigenvalue weighted by Crippen LogP contribution is -2.32. The second-order valence-electron chi connectivity index (χ2n) is 7.46. The minimum absolute atomic E-state index is 0.0683. The van der Waals surface area contributed by atoms with Gasteiger partial charge in [0.15, 0.2) is 5.65 Å². The topological polar surface area (TPSA) is 54.7 Å². The van der Waals surface area contributed by atoms with Crippen molar-refractivity contribution in [2.24, 2.45) is 0 Å². The lowest BCUT2D eigenvalue weighted by Gasteiger charge is -2.29. The van der Waals surface area contributed by atoms with Gasteiger partial charge in [-0.15, -0.1) is 0 Å². The number of hydrogen-bond donors (Lipinski definition) is 1. The van der Waals surface area contributed by atoms with Gasteiger partial charge in [0.2, 0.25) is 0 Å². The number of rotatable bonds is 1. The van der Waals surface area contributed by atoms with E-state index in [1.807, 2.05) is 19.2 Å². The van der Waals surface area contributed by atoms with Crippen molar-refractivity contribution in [2.75, 3.05) is 11.4 Å². The third kappa shape index (κ3) is 3.62. The third-order valence-electron chi connectivity index (χ3n) is 5.01. The van der Waals surface area contributed by atoms with Crippen molar-refractivity contribution in [3.05, 3.63) is 59.1 Å². The lowest BCUT2D eigenvalue weighted by molar-refractivity contribution is 0.221. The molecule has 2 bridgehead atoms. The predicted molar refractivity (Wildman–Crippen MR) is 113 cm³/mol. The molecule has 2 aromatic heterocycles. The molecule has 0 spiro atoms. The second-order valence-corrected chi connectivity index (χ2v) is 7.84. The van der Waals surface area contributed by atoms with Crippen LogP contribution in [0, 0.1) is 5.82 Å². The Hall–Kier alpha value is -2.80. The highest BCUT2D eigenvalue weighted by Crippen LogP contribution is 2.33. The van der Waals surface area contributed by atoms with Crippen LogP contribution in [0.15, 0.2) is 37.2 Å². The number of aromatic nitrogens is 3. The minimum Gasteiger partial charge on any atom is -0.488 e. The number of nitrogens with zero attached hydrogens (tertiary/aromatic N) is 4. The van der Waals surface area contributed by atoms with Gasteiger partial charge in [-0.2, -0.15) is 5.10 Å². The van der Waals surface area contributed by atoms with Gasteiger partial charge in [0.1, 0.15) is 23.5 Å². The van der Waals surface area contributed by atoms with Crippen LogP contribution < -0.4 is 15.0 Å². The summed E-state index contributed by atoms with van der Waals surface area (Å²) in [5.74, 6) is 0.827. The van der Waals surface area contributed by atoms with Gasteiger partial charge < -0.3 is 15.0 Å². The maximum absolute atomic E-state index is 14.3. The Morgan fingerprint density at radius 1 is 1.34 bits per heavy atom. The van der Waals surface area contributed by atoms with Crippen molar-refractivity contribution in [3.63, 3.8) is 0 Å². The Kier molecular flexibility index (Phi) is 5.08. The van der Waals surface area contributed by atoms with E-state index >= 15 is 0 Å². The molecule has 0 unspecified atom stereocenters. The molecular weight excluding hydrogens is 393 g/mol. The predicted octanol–water partition coefficient (Wildman–Crippen LogP) is 4.28. The third-order valence-corrected chi connectivity index (χ3v) is 5.42. The van der Waals surface area contributed by atoms with Gasteiger partial charge in [-0.25, -0.2) is 13.9 Å². The van der Waals surface area contributed by atoms with Gasteiger partial charge in [-0.1, -0.05) is 18.2 Å². The SMILES string of the molecule is C=C1NC[C@H](C)Oc2ccc(F)c(Cl)c2CN(C(C)C)c2ccn3ncc1c3n2. The molecule has 0 aliphatic carbocycles. The highest BCUT2D eigenvalue weighted by atomic mass is 35.5. The number of hydrogen-bond acceptors (Lipinski definition) is 5. The fourth-order valence-corrected chi connectivity index (χ4v) is 3.60. The van der Waals surface area contributed by atoms with Crippen LogP contribution in [-0.4, -0.2) is 33.3 Å². The number of benzene rings is 1. The van der Waals surface area contributed by atoms with Gasteiger partial charge in [-0.05, 0) is 39.0 Å². The van der Waals surface area contributed by atoms with Crippen LogP contribution in [0.1, 0.15) is 31.9 Å². The van der Waals surface area contributed by atoms with E-state index in [0.29, 0.717) is 35.7 Å². The molecular formula is C21H23ClFN5O. The Bertz CT molecular complexity index is 1080. The molecule has 1 aliphatic heterocycles. The van der Waals surface area contributed by atoms with E-state index in [2.05, 4.69) is 35.7 Å². The van der Waals surface area contributed by atoms with Crippen LogP contribution in [0.25, 0.3) is 11.3 Å². The molecule has 1 atom stereocenters.